The second-order valence-electron chi connectivity index (χ2n) is 5.36. The second-order valence-corrected chi connectivity index (χ2v) is 5.36. The smallest absolute Gasteiger partial charge is 0.224 e. The van der Waals surface area contributed by atoms with Crippen LogP contribution in [0.3, 0.4) is 0 Å². The molecule has 2 aliphatic rings. The summed E-state index contributed by atoms with van der Waals surface area (Å²) in [5.74, 6) is 2.56. The Bertz CT molecular complexity index is 494. The molecule has 0 aromatic carbocycles. The lowest BCUT2D eigenvalue weighted by molar-refractivity contribution is 0.279. The fraction of sp³-hybridized carbons (Fsp3) is 0.692. The zero-order chi connectivity index (χ0) is 14.1. The van der Waals surface area contributed by atoms with E-state index in [1.54, 1.807) is 0 Å². The number of nitrogens with two attached hydrogens (primary N) is 1. The molecule has 2 atom stereocenters. The molecule has 0 saturated carbocycles. The van der Waals surface area contributed by atoms with E-state index in [0.29, 0.717) is 18.6 Å². The molecule has 2 aliphatic heterocycles. The van der Waals surface area contributed by atoms with Gasteiger partial charge in [0.2, 0.25) is 11.7 Å². The van der Waals surface area contributed by atoms with Crippen molar-refractivity contribution >= 4 is 17.6 Å². The van der Waals surface area contributed by atoms with Gasteiger partial charge in [0.15, 0.2) is 11.6 Å². The van der Waals surface area contributed by atoms with E-state index in [0.717, 1.165) is 43.3 Å². The number of likely N-dealkylation sites (N-methyl/N-ethyl adjacent to an activating group) is 1. The molecule has 0 aliphatic carbocycles. The van der Waals surface area contributed by atoms with Crippen molar-refractivity contribution in [3.63, 3.8) is 0 Å². The molecule has 3 heterocycles. The predicted octanol–water partition coefficient (Wildman–Crippen LogP) is 0.440. The molecule has 0 amide bonds. The normalized spacial score (nSPS) is 25.0. The molecule has 3 rings (SSSR count). The Kier molecular flexibility index (Phi) is 3.52. The highest BCUT2D eigenvalue weighted by Gasteiger charge is 2.30. The van der Waals surface area contributed by atoms with E-state index in [2.05, 4.69) is 32.4 Å². The van der Waals surface area contributed by atoms with Crippen molar-refractivity contribution in [2.45, 2.75) is 31.8 Å². The van der Waals surface area contributed by atoms with Crippen LogP contribution < -0.4 is 26.0 Å². The summed E-state index contributed by atoms with van der Waals surface area (Å²) in [5.41, 5.74) is 5.84. The van der Waals surface area contributed by atoms with Gasteiger partial charge >= 0.3 is 0 Å². The van der Waals surface area contributed by atoms with Crippen molar-refractivity contribution in [3.8, 4) is 5.75 Å². The van der Waals surface area contributed by atoms with Crippen molar-refractivity contribution in [1.29, 1.82) is 0 Å². The van der Waals surface area contributed by atoms with Crippen LogP contribution >= 0.6 is 0 Å². The van der Waals surface area contributed by atoms with Crippen molar-refractivity contribution in [1.82, 2.24) is 15.3 Å². The third-order valence-corrected chi connectivity index (χ3v) is 4.02. The summed E-state index contributed by atoms with van der Waals surface area (Å²) >= 11 is 0. The molecule has 1 aromatic heterocycles. The van der Waals surface area contributed by atoms with E-state index < -0.39 is 0 Å². The van der Waals surface area contributed by atoms with Crippen molar-refractivity contribution in [3.05, 3.63) is 0 Å². The Balaban J connectivity index is 1.90. The maximum atomic E-state index is 5.89. The second kappa shape index (κ2) is 5.32. The van der Waals surface area contributed by atoms with E-state index in [-0.39, 0.29) is 6.04 Å². The van der Waals surface area contributed by atoms with Crippen molar-refractivity contribution < 1.29 is 4.74 Å². The molecular formula is C13H22N6O. The van der Waals surface area contributed by atoms with E-state index in [1.807, 2.05) is 7.05 Å². The summed E-state index contributed by atoms with van der Waals surface area (Å²) in [4.78, 5) is 10.9. The largest absolute Gasteiger partial charge is 0.484 e. The van der Waals surface area contributed by atoms with Gasteiger partial charge in [0.1, 0.15) is 6.61 Å². The Morgan fingerprint density at radius 2 is 2.35 bits per heavy atom. The lowest BCUT2D eigenvalue weighted by Crippen LogP contribution is -2.34. The SMILES string of the molecule is CC[C@@H]1COc2c(nc(N)nc2N2CC[C@@H](NC)C2)N1. The first-order valence-electron chi connectivity index (χ1n) is 7.20. The number of aromatic nitrogens is 2. The van der Waals surface area contributed by atoms with Crippen molar-refractivity contribution in [2.24, 2.45) is 0 Å². The molecule has 20 heavy (non-hydrogen) atoms. The van der Waals surface area contributed by atoms with Gasteiger partial charge in [-0.1, -0.05) is 6.92 Å². The number of hydrogen-bond acceptors (Lipinski definition) is 7. The maximum absolute atomic E-state index is 5.89. The fourth-order valence-electron chi connectivity index (χ4n) is 2.73. The average molecular weight is 278 g/mol. The third-order valence-electron chi connectivity index (χ3n) is 4.02. The Labute approximate surface area is 118 Å². The van der Waals surface area contributed by atoms with Gasteiger partial charge < -0.3 is 26.0 Å². The Hall–Kier alpha value is -1.76. The third kappa shape index (κ3) is 2.33. The number of ether oxygens (including phenoxy) is 1. The molecule has 1 aromatic rings. The van der Waals surface area contributed by atoms with Gasteiger partial charge in [0.05, 0.1) is 6.04 Å². The summed E-state index contributed by atoms with van der Waals surface area (Å²) in [6.45, 7) is 4.64. The average Bonchev–Trinajstić information content (AvgIpc) is 2.94. The number of nitrogens with one attached hydrogen (secondary N) is 2. The standard InChI is InChI=1S/C13H22N6O/c1-3-8-7-20-10-11(16-8)17-13(14)18-12(10)19-5-4-9(6-19)15-2/h8-9,15H,3-7H2,1-2H3,(H3,14,16,17,18)/t8-,9-/m1/s1. The Morgan fingerprint density at radius 1 is 1.50 bits per heavy atom. The number of hydrogen-bond donors (Lipinski definition) is 3. The highest BCUT2D eigenvalue weighted by molar-refractivity contribution is 5.68. The van der Waals surface area contributed by atoms with Crippen LogP contribution in [0, 0.1) is 0 Å². The van der Waals surface area contributed by atoms with Crippen LogP contribution in [0.1, 0.15) is 19.8 Å². The monoisotopic (exact) mass is 278 g/mol. The van der Waals surface area contributed by atoms with E-state index in [9.17, 15) is 0 Å². The van der Waals surface area contributed by atoms with Gasteiger partial charge in [-0.15, -0.1) is 0 Å². The lowest BCUT2D eigenvalue weighted by Gasteiger charge is -2.29. The van der Waals surface area contributed by atoms with Gasteiger partial charge in [0, 0.05) is 19.1 Å². The molecule has 0 unspecified atom stereocenters. The van der Waals surface area contributed by atoms with E-state index in [1.165, 1.54) is 0 Å². The molecule has 0 radical (unpaired) electrons. The van der Waals surface area contributed by atoms with Gasteiger partial charge in [-0.3, -0.25) is 0 Å². The number of anilines is 3. The molecule has 110 valence electrons. The van der Waals surface area contributed by atoms with Crippen LogP contribution in [0.4, 0.5) is 17.6 Å². The van der Waals surface area contributed by atoms with Gasteiger partial charge in [-0.05, 0) is 19.9 Å². The van der Waals surface area contributed by atoms with Crippen LogP contribution in [0.25, 0.3) is 0 Å². The maximum Gasteiger partial charge on any atom is 0.224 e. The minimum atomic E-state index is 0.285. The molecule has 4 N–H and O–H groups in total. The summed E-state index contributed by atoms with van der Waals surface area (Å²) in [7, 11) is 1.99. The topological polar surface area (TPSA) is 88.3 Å². The molecule has 0 bridgehead atoms. The van der Waals surface area contributed by atoms with Crippen LogP contribution in [0.15, 0.2) is 0 Å². The zero-order valence-corrected chi connectivity index (χ0v) is 12.0. The molecule has 7 nitrogen and oxygen atoms in total. The molecule has 7 heteroatoms. The highest BCUT2D eigenvalue weighted by atomic mass is 16.5. The lowest BCUT2D eigenvalue weighted by atomic mass is 10.2. The van der Waals surface area contributed by atoms with Crippen LogP contribution in [-0.2, 0) is 0 Å². The number of fused-ring (bicyclic) bond motifs is 1. The van der Waals surface area contributed by atoms with Gasteiger partial charge in [-0.25, -0.2) is 0 Å². The van der Waals surface area contributed by atoms with E-state index >= 15 is 0 Å². The van der Waals surface area contributed by atoms with Gasteiger partial charge in [0.25, 0.3) is 0 Å². The van der Waals surface area contributed by atoms with E-state index in [4.69, 9.17) is 10.5 Å². The fourth-order valence-corrected chi connectivity index (χ4v) is 2.73. The number of nitrogens with zero attached hydrogens (tertiary/aromatic N) is 3. The first kappa shape index (κ1) is 13.2. The molecule has 1 fully saturated rings. The summed E-state index contributed by atoms with van der Waals surface area (Å²) < 4.78 is 5.89. The molecule has 0 spiro atoms. The highest BCUT2D eigenvalue weighted by Crippen LogP contribution is 2.38. The quantitative estimate of drug-likeness (QED) is 0.739. The van der Waals surface area contributed by atoms with Crippen LogP contribution in [0.2, 0.25) is 0 Å². The predicted molar refractivity (Wildman–Crippen MR) is 79.3 cm³/mol. The first-order valence-corrected chi connectivity index (χ1v) is 7.20. The number of rotatable bonds is 3. The number of nitrogen functional groups attached to an aromatic ring is 1. The summed E-state index contributed by atoms with van der Waals surface area (Å²) in [5, 5.41) is 6.68. The molecular weight excluding hydrogens is 256 g/mol. The van der Waals surface area contributed by atoms with Gasteiger partial charge in [-0.2, -0.15) is 9.97 Å². The first-order chi connectivity index (χ1) is 9.71. The zero-order valence-electron chi connectivity index (χ0n) is 12.0. The molecule has 1 saturated heterocycles. The summed E-state index contributed by atoms with van der Waals surface area (Å²) in [6.07, 6.45) is 2.09. The minimum Gasteiger partial charge on any atom is -0.484 e. The van der Waals surface area contributed by atoms with Crippen LogP contribution in [-0.4, -0.2) is 48.8 Å². The Morgan fingerprint density at radius 3 is 3.05 bits per heavy atom. The minimum absolute atomic E-state index is 0.285. The van der Waals surface area contributed by atoms with Crippen LogP contribution in [0.5, 0.6) is 5.75 Å². The summed E-state index contributed by atoms with van der Waals surface area (Å²) in [6, 6.07) is 0.773. The van der Waals surface area contributed by atoms with Crippen molar-refractivity contribution in [2.75, 3.05) is 42.7 Å².